The highest BCUT2D eigenvalue weighted by Crippen LogP contribution is 2.32. The molecule has 0 amide bonds. The van der Waals surface area contributed by atoms with Crippen molar-refractivity contribution in [2.24, 2.45) is 0 Å². The molecule has 0 aromatic rings. The van der Waals surface area contributed by atoms with Crippen molar-refractivity contribution in [2.45, 2.75) is 70.5 Å². The molecule has 0 radical (unpaired) electrons. The Labute approximate surface area is 123 Å². The van der Waals surface area contributed by atoms with Crippen LogP contribution in [0.2, 0.25) is 0 Å². The summed E-state index contributed by atoms with van der Waals surface area (Å²) in [7, 11) is 0. The van der Waals surface area contributed by atoms with Gasteiger partial charge in [-0.3, -0.25) is 4.79 Å². The summed E-state index contributed by atoms with van der Waals surface area (Å²) in [6.07, 6.45) is 10.2. The number of carbonyl (C=O) groups is 1. The van der Waals surface area contributed by atoms with Gasteiger partial charge in [0, 0.05) is 5.75 Å². The maximum Gasteiger partial charge on any atom is 0.321 e. The summed E-state index contributed by atoms with van der Waals surface area (Å²) >= 11 is 1.65. The Hall–Kier alpha value is -0.440. The van der Waals surface area contributed by atoms with Gasteiger partial charge < -0.3 is 4.74 Å². The van der Waals surface area contributed by atoms with Gasteiger partial charge in [0.15, 0.2) is 0 Å². The van der Waals surface area contributed by atoms with Crippen LogP contribution >= 0.6 is 11.8 Å². The Kier molecular flexibility index (Phi) is 11.1. The lowest BCUT2D eigenvalue weighted by molar-refractivity contribution is -0.145. The first-order valence-corrected chi connectivity index (χ1v) is 8.51. The molecule has 112 valence electrons. The molecule has 19 heavy (non-hydrogen) atoms. The molecule has 0 aromatic carbocycles. The van der Waals surface area contributed by atoms with E-state index < -0.39 is 4.75 Å². The highest BCUT2D eigenvalue weighted by molar-refractivity contribution is 8.01. The lowest BCUT2D eigenvalue weighted by Crippen LogP contribution is -2.34. The average Bonchev–Trinajstić information content (AvgIpc) is 2.40. The van der Waals surface area contributed by atoms with Crippen molar-refractivity contribution in [3.63, 3.8) is 0 Å². The molecular formula is C16H30O2S. The van der Waals surface area contributed by atoms with Crippen molar-refractivity contribution in [1.82, 2.24) is 0 Å². The summed E-state index contributed by atoms with van der Waals surface area (Å²) in [5.74, 6) is 0.723. The quantitative estimate of drug-likeness (QED) is 0.287. The number of thioether (sulfide) groups is 1. The van der Waals surface area contributed by atoms with Crippen LogP contribution in [-0.2, 0) is 9.53 Å². The highest BCUT2D eigenvalue weighted by Gasteiger charge is 2.34. The van der Waals surface area contributed by atoms with Crippen LogP contribution in [0.4, 0.5) is 0 Å². The minimum Gasteiger partial charge on any atom is -0.465 e. The summed E-state index contributed by atoms with van der Waals surface area (Å²) in [6.45, 7) is 10.3. The van der Waals surface area contributed by atoms with Crippen molar-refractivity contribution in [3.05, 3.63) is 12.7 Å². The zero-order valence-corrected chi connectivity index (χ0v) is 13.7. The van der Waals surface area contributed by atoms with E-state index in [2.05, 4.69) is 13.5 Å². The van der Waals surface area contributed by atoms with Gasteiger partial charge in [-0.25, -0.2) is 0 Å². The third-order valence-corrected chi connectivity index (χ3v) is 4.64. The van der Waals surface area contributed by atoms with Crippen LogP contribution in [0.3, 0.4) is 0 Å². The lowest BCUT2D eigenvalue weighted by Gasteiger charge is -2.26. The minimum atomic E-state index is -0.408. The molecule has 1 unspecified atom stereocenters. The molecule has 0 aliphatic rings. The van der Waals surface area contributed by atoms with Crippen LogP contribution in [0.15, 0.2) is 12.7 Å². The predicted octanol–water partition coefficient (Wildman–Crippen LogP) is 4.98. The topological polar surface area (TPSA) is 26.3 Å². The van der Waals surface area contributed by atoms with Crippen LogP contribution in [0.5, 0.6) is 0 Å². The Bertz CT molecular complexity index is 253. The minimum absolute atomic E-state index is 0.0737. The predicted molar refractivity (Wildman–Crippen MR) is 85.7 cm³/mol. The number of hydrogen-bond acceptors (Lipinski definition) is 3. The van der Waals surface area contributed by atoms with Crippen LogP contribution in [0.1, 0.15) is 65.7 Å². The molecule has 0 spiro atoms. The Morgan fingerprint density at radius 3 is 2.42 bits per heavy atom. The first-order chi connectivity index (χ1) is 9.10. The van der Waals surface area contributed by atoms with Crippen molar-refractivity contribution in [3.8, 4) is 0 Å². The molecule has 0 N–H and O–H groups in total. The van der Waals surface area contributed by atoms with Gasteiger partial charge in [-0.1, -0.05) is 51.5 Å². The SMILES string of the molecule is C=CCSC(C)(CCCCCCCC)C(=O)OCC. The third-order valence-electron chi connectivity index (χ3n) is 3.23. The molecule has 0 aromatic heterocycles. The first-order valence-electron chi connectivity index (χ1n) is 7.52. The van der Waals surface area contributed by atoms with Gasteiger partial charge in [-0.2, -0.15) is 0 Å². The lowest BCUT2D eigenvalue weighted by atomic mass is 10.0. The summed E-state index contributed by atoms with van der Waals surface area (Å²) < 4.78 is 4.80. The van der Waals surface area contributed by atoms with E-state index in [4.69, 9.17) is 4.74 Å². The number of ether oxygens (including phenoxy) is 1. The zero-order valence-electron chi connectivity index (χ0n) is 12.9. The molecule has 2 nitrogen and oxygen atoms in total. The molecule has 0 aliphatic heterocycles. The maximum absolute atomic E-state index is 12.1. The summed E-state index contributed by atoms with van der Waals surface area (Å²) in [5.41, 5.74) is 0. The average molecular weight is 286 g/mol. The van der Waals surface area contributed by atoms with E-state index in [0.717, 1.165) is 18.6 Å². The highest BCUT2D eigenvalue weighted by atomic mass is 32.2. The third kappa shape index (κ3) is 8.35. The fourth-order valence-corrected chi connectivity index (χ4v) is 2.95. The van der Waals surface area contributed by atoms with E-state index in [9.17, 15) is 4.79 Å². The number of hydrogen-bond donors (Lipinski definition) is 0. The van der Waals surface area contributed by atoms with E-state index >= 15 is 0 Å². The van der Waals surface area contributed by atoms with Crippen molar-refractivity contribution >= 4 is 17.7 Å². The second kappa shape index (κ2) is 11.4. The fraction of sp³-hybridized carbons (Fsp3) is 0.812. The Balaban J connectivity index is 4.11. The van der Waals surface area contributed by atoms with E-state index in [1.165, 1.54) is 32.1 Å². The molecule has 3 heteroatoms. The summed E-state index contributed by atoms with van der Waals surface area (Å²) in [5, 5.41) is 0. The molecule has 0 heterocycles. The van der Waals surface area contributed by atoms with Gasteiger partial charge in [0.25, 0.3) is 0 Å². The monoisotopic (exact) mass is 286 g/mol. The van der Waals surface area contributed by atoms with Gasteiger partial charge in [-0.15, -0.1) is 18.3 Å². The van der Waals surface area contributed by atoms with Gasteiger partial charge in [0.1, 0.15) is 4.75 Å². The smallest absolute Gasteiger partial charge is 0.321 e. The molecule has 0 fully saturated rings. The van der Waals surface area contributed by atoms with Crippen LogP contribution in [0, 0.1) is 0 Å². The van der Waals surface area contributed by atoms with Crippen LogP contribution in [-0.4, -0.2) is 23.1 Å². The normalized spacial score (nSPS) is 13.8. The van der Waals surface area contributed by atoms with Gasteiger partial charge >= 0.3 is 5.97 Å². The summed E-state index contributed by atoms with van der Waals surface area (Å²) in [6, 6.07) is 0. The molecular weight excluding hydrogens is 256 g/mol. The van der Waals surface area contributed by atoms with Crippen LogP contribution < -0.4 is 0 Å². The van der Waals surface area contributed by atoms with E-state index in [-0.39, 0.29) is 5.97 Å². The van der Waals surface area contributed by atoms with Crippen molar-refractivity contribution in [1.29, 1.82) is 0 Å². The number of unbranched alkanes of at least 4 members (excludes halogenated alkanes) is 5. The maximum atomic E-state index is 12.1. The van der Waals surface area contributed by atoms with E-state index in [0.29, 0.717) is 6.61 Å². The number of rotatable bonds is 12. The standard InChI is InChI=1S/C16H30O2S/c1-5-8-9-10-11-12-13-16(4,19-14-6-2)15(17)18-7-3/h6H,2,5,7-14H2,1,3-4H3. The van der Waals surface area contributed by atoms with Crippen molar-refractivity contribution < 1.29 is 9.53 Å². The Morgan fingerprint density at radius 1 is 1.21 bits per heavy atom. The Morgan fingerprint density at radius 2 is 1.84 bits per heavy atom. The zero-order chi connectivity index (χ0) is 14.6. The molecule has 0 rings (SSSR count). The largest absolute Gasteiger partial charge is 0.465 e. The van der Waals surface area contributed by atoms with E-state index in [1.807, 2.05) is 19.9 Å². The van der Waals surface area contributed by atoms with Crippen LogP contribution in [0.25, 0.3) is 0 Å². The molecule has 1 atom stereocenters. The first kappa shape index (κ1) is 18.6. The summed E-state index contributed by atoms with van der Waals surface area (Å²) in [4.78, 5) is 12.1. The molecule has 0 saturated heterocycles. The van der Waals surface area contributed by atoms with Gasteiger partial charge in [0.05, 0.1) is 6.61 Å². The van der Waals surface area contributed by atoms with Crippen molar-refractivity contribution in [2.75, 3.05) is 12.4 Å². The molecule has 0 aliphatic carbocycles. The molecule has 0 bridgehead atoms. The van der Waals surface area contributed by atoms with Gasteiger partial charge in [-0.05, 0) is 20.3 Å². The van der Waals surface area contributed by atoms with E-state index in [1.54, 1.807) is 11.8 Å². The molecule has 0 saturated carbocycles. The number of esters is 1. The second-order valence-electron chi connectivity index (χ2n) is 5.07. The number of carbonyl (C=O) groups excluding carboxylic acids is 1. The van der Waals surface area contributed by atoms with Gasteiger partial charge in [0.2, 0.25) is 0 Å². The fourth-order valence-electron chi connectivity index (χ4n) is 2.00. The second-order valence-corrected chi connectivity index (χ2v) is 6.59.